The van der Waals surface area contributed by atoms with Crippen molar-refractivity contribution in [1.82, 2.24) is 10.9 Å². The summed E-state index contributed by atoms with van der Waals surface area (Å²) in [5.41, 5.74) is 6.49. The number of esters is 1. The fourth-order valence-electron chi connectivity index (χ4n) is 2.21. The van der Waals surface area contributed by atoms with E-state index in [2.05, 4.69) is 16.2 Å². The molecule has 2 heterocycles. The minimum absolute atomic E-state index is 0.159. The molecule has 0 radical (unpaired) electrons. The minimum atomic E-state index is -0.471. The van der Waals surface area contributed by atoms with E-state index in [0.29, 0.717) is 15.4 Å². The monoisotopic (exact) mass is 417 g/mol. The quantitative estimate of drug-likeness (QED) is 0.340. The molecule has 3 aromatic rings. The molecule has 138 valence electrons. The number of anilines is 1. The lowest BCUT2D eigenvalue weighted by molar-refractivity contribution is 0.0602. The van der Waals surface area contributed by atoms with Gasteiger partial charge in [0.15, 0.2) is 5.11 Å². The number of nitrogens with one attached hydrogen (secondary N) is 3. The van der Waals surface area contributed by atoms with E-state index in [9.17, 15) is 9.59 Å². The van der Waals surface area contributed by atoms with E-state index in [1.807, 2.05) is 35.7 Å². The summed E-state index contributed by atoms with van der Waals surface area (Å²) < 4.78 is 4.85. The third-order valence-electron chi connectivity index (χ3n) is 3.46. The first-order valence-corrected chi connectivity index (χ1v) is 9.87. The van der Waals surface area contributed by atoms with Gasteiger partial charge in [0.1, 0.15) is 5.00 Å². The van der Waals surface area contributed by atoms with Crippen molar-refractivity contribution < 1.29 is 14.3 Å². The number of hydrogen-bond acceptors (Lipinski definition) is 6. The molecule has 6 nitrogen and oxygen atoms in total. The van der Waals surface area contributed by atoms with Crippen LogP contribution in [0, 0.1) is 0 Å². The zero-order valence-corrected chi connectivity index (χ0v) is 16.6. The van der Waals surface area contributed by atoms with Crippen molar-refractivity contribution in [3.63, 3.8) is 0 Å². The van der Waals surface area contributed by atoms with Gasteiger partial charge in [-0.3, -0.25) is 15.6 Å². The minimum Gasteiger partial charge on any atom is -0.465 e. The number of hydrazine groups is 1. The summed E-state index contributed by atoms with van der Waals surface area (Å²) in [6.07, 6.45) is 0. The molecule has 3 N–H and O–H groups in total. The molecule has 2 aromatic heterocycles. The Bertz CT molecular complexity index is 953. The smallest absolute Gasteiger partial charge is 0.340 e. The molecular weight excluding hydrogens is 402 g/mol. The van der Waals surface area contributed by atoms with E-state index in [0.717, 1.165) is 10.4 Å². The summed E-state index contributed by atoms with van der Waals surface area (Å²) in [4.78, 5) is 25.5. The highest BCUT2D eigenvalue weighted by atomic mass is 32.1. The van der Waals surface area contributed by atoms with Crippen molar-refractivity contribution in [3.05, 3.63) is 64.4 Å². The normalized spacial score (nSPS) is 10.1. The molecule has 1 aromatic carbocycles. The molecule has 0 saturated carbocycles. The number of benzene rings is 1. The van der Waals surface area contributed by atoms with Gasteiger partial charge in [0.05, 0.1) is 17.6 Å². The van der Waals surface area contributed by atoms with Gasteiger partial charge in [0.25, 0.3) is 5.91 Å². The highest BCUT2D eigenvalue weighted by Crippen LogP contribution is 2.35. The molecule has 3 rings (SSSR count). The Morgan fingerprint density at radius 1 is 1.07 bits per heavy atom. The Hall–Kier alpha value is -2.75. The van der Waals surface area contributed by atoms with Crippen molar-refractivity contribution >= 4 is 56.9 Å². The molecule has 0 unspecified atom stereocenters. The van der Waals surface area contributed by atoms with Crippen LogP contribution in [-0.2, 0) is 4.74 Å². The van der Waals surface area contributed by atoms with Crippen LogP contribution in [0.3, 0.4) is 0 Å². The van der Waals surface area contributed by atoms with Gasteiger partial charge in [-0.25, -0.2) is 4.79 Å². The summed E-state index contributed by atoms with van der Waals surface area (Å²) in [7, 11) is 1.32. The average molecular weight is 418 g/mol. The SMILES string of the molecule is COC(=O)c1cc(-c2ccccc2)sc1NC(=S)NNC(=O)c1cccs1. The number of carbonyl (C=O) groups is 2. The Morgan fingerprint density at radius 3 is 2.52 bits per heavy atom. The van der Waals surface area contributed by atoms with Gasteiger partial charge in [-0.15, -0.1) is 22.7 Å². The lowest BCUT2D eigenvalue weighted by atomic mass is 10.1. The van der Waals surface area contributed by atoms with Crippen molar-refractivity contribution in [2.45, 2.75) is 0 Å². The molecule has 0 aliphatic carbocycles. The maximum absolute atomic E-state index is 12.1. The van der Waals surface area contributed by atoms with Gasteiger partial charge in [-0.2, -0.15) is 0 Å². The van der Waals surface area contributed by atoms with Crippen molar-refractivity contribution in [2.24, 2.45) is 0 Å². The second kappa shape index (κ2) is 8.76. The van der Waals surface area contributed by atoms with Gasteiger partial charge >= 0.3 is 5.97 Å². The molecule has 0 aliphatic heterocycles. The molecule has 0 saturated heterocycles. The van der Waals surface area contributed by atoms with Crippen molar-refractivity contribution in [1.29, 1.82) is 0 Å². The molecule has 1 amide bonds. The molecular formula is C18H15N3O3S3. The number of thiophene rings is 2. The van der Waals surface area contributed by atoms with Crippen LogP contribution in [-0.4, -0.2) is 24.1 Å². The van der Waals surface area contributed by atoms with Gasteiger partial charge in [0, 0.05) is 4.88 Å². The first kappa shape index (κ1) is 19.0. The van der Waals surface area contributed by atoms with Crippen molar-refractivity contribution in [3.8, 4) is 10.4 Å². The van der Waals surface area contributed by atoms with Crippen LogP contribution in [0.5, 0.6) is 0 Å². The molecule has 9 heteroatoms. The number of carbonyl (C=O) groups excluding carboxylic acids is 2. The average Bonchev–Trinajstić information content (AvgIpc) is 3.36. The van der Waals surface area contributed by atoms with Crippen LogP contribution in [0.15, 0.2) is 53.9 Å². The van der Waals surface area contributed by atoms with Gasteiger partial charge in [-0.05, 0) is 35.3 Å². The lowest BCUT2D eigenvalue weighted by Crippen LogP contribution is -2.43. The zero-order valence-electron chi connectivity index (χ0n) is 14.1. The van der Waals surface area contributed by atoms with E-state index >= 15 is 0 Å². The van der Waals surface area contributed by atoms with Gasteiger partial charge in [-0.1, -0.05) is 36.4 Å². The van der Waals surface area contributed by atoms with Crippen LogP contribution < -0.4 is 16.2 Å². The molecule has 0 fully saturated rings. The standard InChI is InChI=1S/C18H15N3O3S3/c1-24-17(23)12-10-14(11-6-3-2-4-7-11)27-16(12)19-18(25)21-20-15(22)13-8-5-9-26-13/h2-10H,1H3,(H,20,22)(H2,19,21,25). The second-order valence-corrected chi connectivity index (χ2v) is 7.63. The Labute approximate surface area is 169 Å². The first-order valence-electron chi connectivity index (χ1n) is 7.77. The summed E-state index contributed by atoms with van der Waals surface area (Å²) >= 11 is 7.90. The number of thiocarbonyl (C=S) groups is 1. The summed E-state index contributed by atoms with van der Waals surface area (Å²) in [6, 6.07) is 14.9. The number of amides is 1. The predicted octanol–water partition coefficient (Wildman–Crippen LogP) is 3.89. The first-order chi connectivity index (χ1) is 13.1. The van der Waals surface area contributed by atoms with E-state index in [-0.39, 0.29) is 11.0 Å². The summed E-state index contributed by atoms with van der Waals surface area (Å²) in [6.45, 7) is 0. The Kier molecular flexibility index (Phi) is 6.17. The van der Waals surface area contributed by atoms with Crippen LogP contribution in [0.1, 0.15) is 20.0 Å². The lowest BCUT2D eigenvalue weighted by Gasteiger charge is -2.10. The van der Waals surface area contributed by atoms with Crippen LogP contribution in [0.25, 0.3) is 10.4 Å². The van der Waals surface area contributed by atoms with Crippen LogP contribution in [0.2, 0.25) is 0 Å². The third-order valence-corrected chi connectivity index (χ3v) is 5.63. The van der Waals surface area contributed by atoms with Crippen LogP contribution >= 0.6 is 34.9 Å². The Balaban J connectivity index is 1.72. The summed E-state index contributed by atoms with van der Waals surface area (Å²) in [5.74, 6) is -0.764. The number of rotatable bonds is 4. The van der Waals surface area contributed by atoms with E-state index in [1.165, 1.54) is 29.8 Å². The fourth-order valence-corrected chi connectivity index (χ4v) is 4.10. The number of hydrogen-bond donors (Lipinski definition) is 3. The van der Waals surface area contributed by atoms with E-state index in [4.69, 9.17) is 17.0 Å². The van der Waals surface area contributed by atoms with Gasteiger partial charge < -0.3 is 10.1 Å². The predicted molar refractivity (Wildman–Crippen MR) is 112 cm³/mol. The van der Waals surface area contributed by atoms with Gasteiger partial charge in [0.2, 0.25) is 0 Å². The number of ether oxygens (including phenoxy) is 1. The fraction of sp³-hybridized carbons (Fsp3) is 0.0556. The zero-order chi connectivity index (χ0) is 19.2. The maximum atomic E-state index is 12.1. The molecule has 0 aliphatic rings. The van der Waals surface area contributed by atoms with Crippen molar-refractivity contribution in [2.75, 3.05) is 12.4 Å². The largest absolute Gasteiger partial charge is 0.465 e. The molecule has 0 atom stereocenters. The maximum Gasteiger partial charge on any atom is 0.340 e. The number of methoxy groups -OCH3 is 1. The molecule has 27 heavy (non-hydrogen) atoms. The van der Waals surface area contributed by atoms with E-state index in [1.54, 1.807) is 18.2 Å². The third kappa shape index (κ3) is 4.70. The second-order valence-electron chi connectivity index (χ2n) is 5.22. The molecule has 0 bridgehead atoms. The highest BCUT2D eigenvalue weighted by molar-refractivity contribution is 7.80. The highest BCUT2D eigenvalue weighted by Gasteiger charge is 2.18. The van der Waals surface area contributed by atoms with E-state index < -0.39 is 5.97 Å². The Morgan fingerprint density at radius 2 is 1.85 bits per heavy atom. The van der Waals surface area contributed by atoms with Crippen LogP contribution in [0.4, 0.5) is 5.00 Å². The molecule has 0 spiro atoms. The summed E-state index contributed by atoms with van der Waals surface area (Å²) in [5, 5.41) is 5.44. The topological polar surface area (TPSA) is 79.5 Å².